The van der Waals surface area contributed by atoms with E-state index in [1.807, 2.05) is 19.1 Å². The van der Waals surface area contributed by atoms with Crippen LogP contribution in [0, 0.1) is 6.92 Å². The molecule has 1 aromatic rings. The third kappa shape index (κ3) is 3.36. The Morgan fingerprint density at radius 3 is 2.75 bits per heavy atom. The van der Waals surface area contributed by atoms with Gasteiger partial charge in [0.2, 0.25) is 0 Å². The van der Waals surface area contributed by atoms with Crippen LogP contribution in [0.15, 0.2) is 16.5 Å². The van der Waals surface area contributed by atoms with Crippen molar-refractivity contribution in [2.24, 2.45) is 0 Å². The number of carbonyl (C=O) groups is 1. The van der Waals surface area contributed by atoms with Gasteiger partial charge in [0.25, 0.3) is 0 Å². The van der Waals surface area contributed by atoms with Crippen LogP contribution in [0.2, 0.25) is 0 Å². The highest BCUT2D eigenvalue weighted by molar-refractivity contribution is 5.76. The number of esters is 1. The first-order valence-electron chi connectivity index (χ1n) is 5.09. The molecule has 5 heteroatoms. The molecule has 0 aliphatic rings. The highest BCUT2D eigenvalue weighted by Gasteiger charge is 2.23. The van der Waals surface area contributed by atoms with Gasteiger partial charge in [0, 0.05) is 0 Å². The number of rotatable bonds is 5. The molecule has 0 saturated heterocycles. The second-order valence-corrected chi connectivity index (χ2v) is 3.63. The summed E-state index contributed by atoms with van der Waals surface area (Å²) < 4.78 is 9.91. The first kappa shape index (κ1) is 12.7. The molecule has 2 N–H and O–H groups in total. The zero-order valence-corrected chi connectivity index (χ0v) is 9.69. The molecule has 1 aromatic heterocycles. The summed E-state index contributed by atoms with van der Waals surface area (Å²) >= 11 is 0. The third-order valence-corrected chi connectivity index (χ3v) is 2.23. The minimum Gasteiger partial charge on any atom is -0.468 e. The summed E-state index contributed by atoms with van der Waals surface area (Å²) in [4.78, 5) is 11.3. The van der Waals surface area contributed by atoms with Crippen LogP contribution in [0.4, 0.5) is 0 Å². The average Bonchev–Trinajstić information content (AvgIpc) is 2.63. The number of methoxy groups -OCH3 is 1. The first-order valence-corrected chi connectivity index (χ1v) is 5.09. The van der Waals surface area contributed by atoms with Crippen LogP contribution in [0.3, 0.4) is 0 Å². The standard InChI is InChI=1S/C11H17NO4/c1-7-4-5-9(16-7)6-12-10(8(2)13)11(14)15-3/h4-5,8,10,12-13H,6H2,1-3H3/t8-,10-/m0/s1. The van der Waals surface area contributed by atoms with Crippen molar-refractivity contribution in [2.45, 2.75) is 32.5 Å². The molecule has 1 rings (SSSR count). The molecule has 16 heavy (non-hydrogen) atoms. The van der Waals surface area contributed by atoms with Gasteiger partial charge in [-0.25, -0.2) is 0 Å². The Labute approximate surface area is 94.4 Å². The van der Waals surface area contributed by atoms with Crippen molar-refractivity contribution < 1.29 is 19.1 Å². The summed E-state index contributed by atoms with van der Waals surface area (Å²) in [6.07, 6.45) is -0.816. The number of furan rings is 1. The SMILES string of the molecule is COC(=O)[C@@H](NCc1ccc(C)o1)[C@H](C)O. The van der Waals surface area contributed by atoms with E-state index < -0.39 is 18.1 Å². The molecule has 0 saturated carbocycles. The number of hydrogen-bond acceptors (Lipinski definition) is 5. The summed E-state index contributed by atoms with van der Waals surface area (Å²) in [6, 6.07) is 2.92. The third-order valence-electron chi connectivity index (χ3n) is 2.23. The molecule has 0 aromatic carbocycles. The van der Waals surface area contributed by atoms with Gasteiger partial charge in [-0.1, -0.05) is 0 Å². The van der Waals surface area contributed by atoms with Crippen molar-refractivity contribution >= 4 is 5.97 Å². The van der Waals surface area contributed by atoms with Gasteiger partial charge in [0.1, 0.15) is 17.6 Å². The molecule has 0 unspecified atom stereocenters. The fraction of sp³-hybridized carbons (Fsp3) is 0.545. The molecule has 0 aliphatic heterocycles. The summed E-state index contributed by atoms with van der Waals surface area (Å²) in [5.74, 6) is 1.04. The molecule has 0 aliphatic carbocycles. The molecule has 0 bridgehead atoms. The van der Waals surface area contributed by atoms with E-state index in [-0.39, 0.29) is 0 Å². The predicted octanol–water partition coefficient (Wildman–Crippen LogP) is 0.600. The second-order valence-electron chi connectivity index (χ2n) is 3.63. The van der Waals surface area contributed by atoms with Crippen LogP contribution in [0.25, 0.3) is 0 Å². The van der Waals surface area contributed by atoms with Crippen molar-refractivity contribution in [3.05, 3.63) is 23.7 Å². The fourth-order valence-corrected chi connectivity index (χ4v) is 1.37. The Bertz CT molecular complexity index is 346. The molecule has 0 amide bonds. The van der Waals surface area contributed by atoms with Gasteiger partial charge in [0.15, 0.2) is 0 Å². The van der Waals surface area contributed by atoms with E-state index in [0.717, 1.165) is 5.76 Å². The van der Waals surface area contributed by atoms with E-state index in [1.54, 1.807) is 0 Å². The monoisotopic (exact) mass is 227 g/mol. The summed E-state index contributed by atoms with van der Waals surface area (Å²) in [5, 5.41) is 12.3. The molecule has 0 spiro atoms. The highest BCUT2D eigenvalue weighted by Crippen LogP contribution is 2.06. The lowest BCUT2D eigenvalue weighted by Crippen LogP contribution is -2.45. The van der Waals surface area contributed by atoms with Gasteiger partial charge in [-0.15, -0.1) is 0 Å². The Morgan fingerprint density at radius 1 is 1.62 bits per heavy atom. The summed E-state index contributed by atoms with van der Waals surface area (Å²) in [7, 11) is 1.29. The van der Waals surface area contributed by atoms with Gasteiger partial charge >= 0.3 is 5.97 Å². The van der Waals surface area contributed by atoms with E-state index >= 15 is 0 Å². The van der Waals surface area contributed by atoms with Gasteiger partial charge in [-0.2, -0.15) is 0 Å². The van der Waals surface area contributed by atoms with Gasteiger partial charge in [-0.05, 0) is 26.0 Å². The molecule has 2 atom stereocenters. The van der Waals surface area contributed by atoms with Crippen molar-refractivity contribution in [2.75, 3.05) is 7.11 Å². The molecular formula is C11H17NO4. The van der Waals surface area contributed by atoms with Crippen molar-refractivity contribution in [3.8, 4) is 0 Å². The Hall–Kier alpha value is -1.33. The predicted molar refractivity (Wildman–Crippen MR) is 57.8 cm³/mol. The van der Waals surface area contributed by atoms with E-state index in [9.17, 15) is 9.90 Å². The quantitative estimate of drug-likeness (QED) is 0.721. The lowest BCUT2D eigenvalue weighted by molar-refractivity contribution is -0.145. The fourth-order valence-electron chi connectivity index (χ4n) is 1.37. The minimum atomic E-state index is -0.816. The van der Waals surface area contributed by atoms with Crippen molar-refractivity contribution in [1.82, 2.24) is 5.32 Å². The van der Waals surface area contributed by atoms with Crippen LogP contribution in [0.1, 0.15) is 18.4 Å². The van der Waals surface area contributed by atoms with Crippen LogP contribution < -0.4 is 5.32 Å². The number of aryl methyl sites for hydroxylation is 1. The first-order chi connectivity index (χ1) is 7.54. The second kappa shape index (κ2) is 5.67. The molecule has 5 nitrogen and oxygen atoms in total. The Kier molecular flexibility index (Phi) is 4.52. The van der Waals surface area contributed by atoms with Crippen molar-refractivity contribution in [3.63, 3.8) is 0 Å². The minimum absolute atomic E-state index is 0.374. The van der Waals surface area contributed by atoms with E-state index in [1.165, 1.54) is 14.0 Å². The Balaban J connectivity index is 2.53. The normalized spacial score (nSPS) is 14.5. The molecule has 0 radical (unpaired) electrons. The number of carbonyl (C=O) groups excluding carboxylic acids is 1. The number of aliphatic hydroxyl groups excluding tert-OH is 1. The van der Waals surface area contributed by atoms with Crippen LogP contribution in [-0.4, -0.2) is 30.3 Å². The Morgan fingerprint density at radius 2 is 2.31 bits per heavy atom. The lowest BCUT2D eigenvalue weighted by atomic mass is 10.2. The average molecular weight is 227 g/mol. The number of aliphatic hydroxyl groups is 1. The maximum atomic E-state index is 11.3. The zero-order chi connectivity index (χ0) is 12.1. The van der Waals surface area contributed by atoms with Crippen LogP contribution in [0.5, 0.6) is 0 Å². The molecule has 90 valence electrons. The van der Waals surface area contributed by atoms with E-state index in [4.69, 9.17) is 4.42 Å². The number of hydrogen-bond donors (Lipinski definition) is 2. The maximum Gasteiger partial charge on any atom is 0.325 e. The molecule has 0 fully saturated rings. The van der Waals surface area contributed by atoms with Gasteiger partial charge in [0.05, 0.1) is 19.8 Å². The van der Waals surface area contributed by atoms with Crippen LogP contribution in [-0.2, 0) is 16.1 Å². The summed E-state index contributed by atoms with van der Waals surface area (Å²) in [6.45, 7) is 3.75. The van der Waals surface area contributed by atoms with Gasteiger partial charge < -0.3 is 14.3 Å². The van der Waals surface area contributed by atoms with E-state index in [0.29, 0.717) is 12.3 Å². The largest absolute Gasteiger partial charge is 0.468 e. The topological polar surface area (TPSA) is 71.7 Å². The molecular weight excluding hydrogens is 210 g/mol. The number of nitrogens with one attached hydrogen (secondary N) is 1. The van der Waals surface area contributed by atoms with Gasteiger partial charge in [-0.3, -0.25) is 10.1 Å². The lowest BCUT2D eigenvalue weighted by Gasteiger charge is -2.18. The highest BCUT2D eigenvalue weighted by atomic mass is 16.5. The smallest absolute Gasteiger partial charge is 0.325 e. The molecule has 1 heterocycles. The van der Waals surface area contributed by atoms with Crippen LogP contribution >= 0.6 is 0 Å². The summed E-state index contributed by atoms with van der Waals surface area (Å²) in [5.41, 5.74) is 0. The van der Waals surface area contributed by atoms with E-state index in [2.05, 4.69) is 10.1 Å². The van der Waals surface area contributed by atoms with Crippen molar-refractivity contribution in [1.29, 1.82) is 0 Å². The zero-order valence-electron chi connectivity index (χ0n) is 9.69. The maximum absolute atomic E-state index is 11.3. The number of ether oxygens (including phenoxy) is 1.